The van der Waals surface area contributed by atoms with Gasteiger partial charge in [0.05, 0.1) is 0 Å². The molecule has 7 heteroatoms. The summed E-state index contributed by atoms with van der Waals surface area (Å²) in [6, 6.07) is 1.72. The summed E-state index contributed by atoms with van der Waals surface area (Å²) in [5.41, 5.74) is 5.73. The third-order valence-electron chi connectivity index (χ3n) is 2.33. The second-order valence-corrected chi connectivity index (χ2v) is 3.87. The van der Waals surface area contributed by atoms with Crippen LogP contribution in [0.15, 0.2) is 17.0 Å². The van der Waals surface area contributed by atoms with Crippen LogP contribution in [0.1, 0.15) is 25.0 Å². The van der Waals surface area contributed by atoms with Gasteiger partial charge in [-0.1, -0.05) is 12.1 Å². The van der Waals surface area contributed by atoms with E-state index >= 15 is 0 Å². The highest BCUT2D eigenvalue weighted by atomic mass is 16.5. The third-order valence-corrected chi connectivity index (χ3v) is 2.33. The standard InChI is InChI=1S/C11H16N6O/c1-2-3-10-15-8(12)6-11(16-10)13-5-4-9-14-7-18-17-9/h6-7H,2-5H2,1H3,(H3,12,13,15,16). The molecule has 0 unspecified atom stereocenters. The van der Waals surface area contributed by atoms with Gasteiger partial charge in [-0.3, -0.25) is 0 Å². The molecule has 0 radical (unpaired) electrons. The predicted molar refractivity (Wildman–Crippen MR) is 66.9 cm³/mol. The maximum Gasteiger partial charge on any atom is 0.213 e. The zero-order valence-electron chi connectivity index (χ0n) is 10.3. The number of rotatable bonds is 6. The number of hydrogen-bond donors (Lipinski definition) is 2. The van der Waals surface area contributed by atoms with E-state index in [0.29, 0.717) is 24.6 Å². The molecule has 3 N–H and O–H groups in total. The van der Waals surface area contributed by atoms with Gasteiger partial charge in [0.25, 0.3) is 0 Å². The maximum absolute atomic E-state index is 5.73. The molecule has 0 spiro atoms. The predicted octanol–water partition coefficient (Wildman–Crippen LogP) is 1.05. The molecule has 96 valence electrons. The fourth-order valence-corrected chi connectivity index (χ4v) is 1.55. The molecule has 2 aromatic heterocycles. The van der Waals surface area contributed by atoms with Crippen molar-refractivity contribution in [2.75, 3.05) is 17.6 Å². The van der Waals surface area contributed by atoms with Crippen LogP contribution < -0.4 is 11.1 Å². The molecule has 2 rings (SSSR count). The Balaban J connectivity index is 1.92. The second kappa shape index (κ2) is 5.95. The van der Waals surface area contributed by atoms with Gasteiger partial charge in [0, 0.05) is 25.5 Å². The minimum atomic E-state index is 0.482. The number of aromatic nitrogens is 4. The molecule has 0 saturated heterocycles. The Hall–Kier alpha value is -2.18. The Morgan fingerprint density at radius 2 is 2.17 bits per heavy atom. The molecule has 7 nitrogen and oxygen atoms in total. The van der Waals surface area contributed by atoms with Crippen molar-refractivity contribution in [2.24, 2.45) is 0 Å². The number of hydrogen-bond acceptors (Lipinski definition) is 7. The summed E-state index contributed by atoms with van der Waals surface area (Å²) >= 11 is 0. The molecule has 0 amide bonds. The lowest BCUT2D eigenvalue weighted by molar-refractivity contribution is 0.410. The molecule has 2 heterocycles. The minimum absolute atomic E-state index is 0.482. The number of anilines is 2. The summed E-state index contributed by atoms with van der Waals surface area (Å²) in [7, 11) is 0. The molecular weight excluding hydrogens is 232 g/mol. The lowest BCUT2D eigenvalue weighted by atomic mass is 10.3. The van der Waals surface area contributed by atoms with Crippen LogP contribution in [-0.4, -0.2) is 26.7 Å². The van der Waals surface area contributed by atoms with Crippen molar-refractivity contribution < 1.29 is 4.52 Å². The zero-order chi connectivity index (χ0) is 12.8. The van der Waals surface area contributed by atoms with Gasteiger partial charge in [0.15, 0.2) is 5.82 Å². The van der Waals surface area contributed by atoms with Crippen LogP contribution in [0.4, 0.5) is 11.6 Å². The number of nitrogens with one attached hydrogen (secondary N) is 1. The Bertz CT molecular complexity index is 484. The van der Waals surface area contributed by atoms with E-state index < -0.39 is 0 Å². The van der Waals surface area contributed by atoms with Crippen LogP contribution in [-0.2, 0) is 12.8 Å². The van der Waals surface area contributed by atoms with Crippen molar-refractivity contribution in [3.8, 4) is 0 Å². The van der Waals surface area contributed by atoms with E-state index in [2.05, 4.69) is 36.9 Å². The van der Waals surface area contributed by atoms with Gasteiger partial charge in [-0.2, -0.15) is 4.98 Å². The lowest BCUT2D eigenvalue weighted by Gasteiger charge is -2.06. The van der Waals surface area contributed by atoms with Gasteiger partial charge in [0.1, 0.15) is 17.5 Å². The Morgan fingerprint density at radius 3 is 2.89 bits per heavy atom. The molecule has 2 aromatic rings. The Kier molecular flexibility index (Phi) is 4.06. The minimum Gasteiger partial charge on any atom is -0.384 e. The summed E-state index contributed by atoms with van der Waals surface area (Å²) in [5.74, 6) is 2.64. The molecular formula is C11H16N6O. The SMILES string of the molecule is CCCc1nc(N)cc(NCCc2ncon2)n1. The first-order chi connectivity index (χ1) is 8.78. The van der Waals surface area contributed by atoms with Crippen LogP contribution >= 0.6 is 0 Å². The quantitative estimate of drug-likeness (QED) is 0.787. The smallest absolute Gasteiger partial charge is 0.213 e. The highest BCUT2D eigenvalue weighted by Gasteiger charge is 2.03. The highest BCUT2D eigenvalue weighted by molar-refractivity contribution is 5.44. The van der Waals surface area contributed by atoms with Gasteiger partial charge in [-0.25, -0.2) is 9.97 Å². The van der Waals surface area contributed by atoms with E-state index in [-0.39, 0.29) is 0 Å². The van der Waals surface area contributed by atoms with Gasteiger partial charge in [-0.05, 0) is 6.42 Å². The van der Waals surface area contributed by atoms with Crippen LogP contribution in [0, 0.1) is 0 Å². The highest BCUT2D eigenvalue weighted by Crippen LogP contribution is 2.09. The molecule has 0 saturated carbocycles. The van der Waals surface area contributed by atoms with E-state index in [0.717, 1.165) is 24.5 Å². The molecule has 0 fully saturated rings. The van der Waals surface area contributed by atoms with Gasteiger partial charge in [0.2, 0.25) is 6.39 Å². The first-order valence-corrected chi connectivity index (χ1v) is 5.90. The molecule has 0 aliphatic heterocycles. The van der Waals surface area contributed by atoms with Crippen LogP contribution in [0.2, 0.25) is 0 Å². The zero-order valence-corrected chi connectivity index (χ0v) is 10.3. The molecule has 0 atom stereocenters. The summed E-state index contributed by atoms with van der Waals surface area (Å²) in [5, 5.41) is 6.90. The maximum atomic E-state index is 5.73. The summed E-state index contributed by atoms with van der Waals surface area (Å²) in [6.07, 6.45) is 3.80. The van der Waals surface area contributed by atoms with Crippen LogP contribution in [0.3, 0.4) is 0 Å². The molecule has 0 aromatic carbocycles. The molecule has 0 bridgehead atoms. The number of nitrogens with two attached hydrogens (primary N) is 1. The first kappa shape index (κ1) is 12.3. The summed E-state index contributed by atoms with van der Waals surface area (Å²) in [6.45, 7) is 2.75. The number of nitrogens with zero attached hydrogens (tertiary/aromatic N) is 4. The topological polar surface area (TPSA) is 103 Å². The number of aryl methyl sites for hydroxylation is 1. The monoisotopic (exact) mass is 248 g/mol. The average Bonchev–Trinajstić information content (AvgIpc) is 2.82. The Morgan fingerprint density at radius 1 is 1.28 bits per heavy atom. The van der Waals surface area contributed by atoms with Crippen molar-refractivity contribution >= 4 is 11.6 Å². The largest absolute Gasteiger partial charge is 0.384 e. The first-order valence-electron chi connectivity index (χ1n) is 5.90. The Labute approximate surface area is 105 Å². The normalized spacial score (nSPS) is 10.5. The van der Waals surface area contributed by atoms with Gasteiger partial charge < -0.3 is 15.6 Å². The van der Waals surface area contributed by atoms with Crippen molar-refractivity contribution in [3.05, 3.63) is 24.1 Å². The molecule has 0 aliphatic rings. The molecule has 0 aliphatic carbocycles. The van der Waals surface area contributed by atoms with Crippen molar-refractivity contribution in [1.29, 1.82) is 0 Å². The third kappa shape index (κ3) is 3.41. The molecule has 18 heavy (non-hydrogen) atoms. The fraction of sp³-hybridized carbons (Fsp3) is 0.455. The van der Waals surface area contributed by atoms with E-state index in [9.17, 15) is 0 Å². The lowest BCUT2D eigenvalue weighted by Crippen LogP contribution is -2.10. The van der Waals surface area contributed by atoms with E-state index in [1.54, 1.807) is 6.07 Å². The van der Waals surface area contributed by atoms with Gasteiger partial charge in [-0.15, -0.1) is 0 Å². The summed E-state index contributed by atoms with van der Waals surface area (Å²) in [4.78, 5) is 12.5. The van der Waals surface area contributed by atoms with E-state index in [4.69, 9.17) is 5.73 Å². The summed E-state index contributed by atoms with van der Waals surface area (Å²) < 4.78 is 4.65. The van der Waals surface area contributed by atoms with Gasteiger partial charge >= 0.3 is 0 Å². The van der Waals surface area contributed by atoms with E-state index in [1.807, 2.05) is 0 Å². The van der Waals surface area contributed by atoms with Crippen molar-refractivity contribution in [2.45, 2.75) is 26.2 Å². The van der Waals surface area contributed by atoms with Crippen LogP contribution in [0.25, 0.3) is 0 Å². The van der Waals surface area contributed by atoms with Crippen LogP contribution in [0.5, 0.6) is 0 Å². The second-order valence-electron chi connectivity index (χ2n) is 3.87. The average molecular weight is 248 g/mol. The van der Waals surface area contributed by atoms with E-state index in [1.165, 1.54) is 6.39 Å². The number of nitrogen functional groups attached to an aromatic ring is 1. The van der Waals surface area contributed by atoms with Crippen molar-refractivity contribution in [1.82, 2.24) is 20.1 Å². The van der Waals surface area contributed by atoms with Crippen molar-refractivity contribution in [3.63, 3.8) is 0 Å². The fourth-order valence-electron chi connectivity index (χ4n) is 1.55.